The van der Waals surface area contributed by atoms with Crippen molar-refractivity contribution in [2.24, 2.45) is 5.92 Å². The first kappa shape index (κ1) is 15.5. The van der Waals surface area contributed by atoms with Crippen molar-refractivity contribution >= 4 is 11.8 Å². The molecule has 2 amide bonds. The van der Waals surface area contributed by atoms with E-state index < -0.39 is 0 Å². The van der Waals surface area contributed by atoms with Crippen molar-refractivity contribution in [2.75, 3.05) is 40.3 Å². The predicted molar refractivity (Wildman–Crippen MR) is 74.3 cm³/mol. The molecule has 1 aliphatic rings. The molecule has 0 atom stereocenters. The molecule has 0 bridgehead atoms. The topological polar surface area (TPSA) is 52.7 Å². The lowest BCUT2D eigenvalue weighted by molar-refractivity contribution is -0.124. The van der Waals surface area contributed by atoms with Gasteiger partial charge in [-0.1, -0.05) is 5.92 Å². The maximum atomic E-state index is 11.6. The molecule has 19 heavy (non-hydrogen) atoms. The third-order valence-electron chi connectivity index (χ3n) is 3.46. The number of carbonyl (C=O) groups excluding carboxylic acids is 2. The van der Waals surface area contributed by atoms with E-state index in [0.717, 1.165) is 32.5 Å². The van der Waals surface area contributed by atoms with Crippen LogP contribution in [0.4, 0.5) is 0 Å². The fourth-order valence-electron chi connectivity index (χ4n) is 2.28. The van der Waals surface area contributed by atoms with Gasteiger partial charge in [0.1, 0.15) is 0 Å². The molecular formula is C14H23N3O2. The minimum absolute atomic E-state index is 0.0592. The summed E-state index contributed by atoms with van der Waals surface area (Å²) >= 11 is 0. The van der Waals surface area contributed by atoms with E-state index in [4.69, 9.17) is 0 Å². The molecule has 1 saturated heterocycles. The van der Waals surface area contributed by atoms with Gasteiger partial charge in [-0.2, -0.15) is 0 Å². The number of amides is 2. The molecule has 1 heterocycles. The lowest BCUT2D eigenvalue weighted by Gasteiger charge is -2.33. The highest BCUT2D eigenvalue weighted by atomic mass is 16.2. The molecule has 1 rings (SSSR count). The van der Waals surface area contributed by atoms with Gasteiger partial charge in [0, 0.05) is 20.6 Å². The molecule has 0 spiro atoms. The summed E-state index contributed by atoms with van der Waals surface area (Å²) in [7, 11) is 3.45. The first-order valence-corrected chi connectivity index (χ1v) is 6.67. The summed E-state index contributed by atoms with van der Waals surface area (Å²) in [5, 5.41) is 2.64. The van der Waals surface area contributed by atoms with E-state index in [-0.39, 0.29) is 11.8 Å². The van der Waals surface area contributed by atoms with Gasteiger partial charge in [-0.25, -0.2) is 0 Å². The fraction of sp³-hybridized carbons (Fsp3) is 0.714. The standard InChI is InChI=1S/C14H23N3O2/c1-4-5-14(19)16(3)10-12-6-8-17(9-7-12)11-13(18)15-2/h12H,6-11H2,1-3H3,(H,15,18). The summed E-state index contributed by atoms with van der Waals surface area (Å²) in [5.41, 5.74) is 0. The van der Waals surface area contributed by atoms with Crippen molar-refractivity contribution in [2.45, 2.75) is 19.8 Å². The van der Waals surface area contributed by atoms with Crippen LogP contribution in [0.1, 0.15) is 19.8 Å². The first-order chi connectivity index (χ1) is 9.06. The van der Waals surface area contributed by atoms with Gasteiger partial charge in [0.05, 0.1) is 6.54 Å². The predicted octanol–water partition coefficient (Wildman–Crippen LogP) is -0.0739. The second-order valence-electron chi connectivity index (χ2n) is 4.95. The van der Waals surface area contributed by atoms with E-state index in [1.54, 1.807) is 25.9 Å². The molecule has 1 fully saturated rings. The van der Waals surface area contributed by atoms with Crippen molar-refractivity contribution in [3.63, 3.8) is 0 Å². The number of rotatable bonds is 4. The Balaban J connectivity index is 2.31. The third kappa shape index (κ3) is 5.31. The van der Waals surface area contributed by atoms with Crippen LogP contribution < -0.4 is 5.32 Å². The smallest absolute Gasteiger partial charge is 0.298 e. The zero-order chi connectivity index (χ0) is 14.3. The normalized spacial score (nSPS) is 16.4. The Bertz CT molecular complexity index is 376. The van der Waals surface area contributed by atoms with Crippen LogP contribution in [-0.4, -0.2) is 61.9 Å². The molecule has 5 nitrogen and oxygen atoms in total. The maximum Gasteiger partial charge on any atom is 0.298 e. The van der Waals surface area contributed by atoms with Crippen LogP contribution in [0.5, 0.6) is 0 Å². The number of carbonyl (C=O) groups is 2. The summed E-state index contributed by atoms with van der Waals surface area (Å²) < 4.78 is 0. The second kappa shape index (κ2) is 7.80. The Morgan fingerprint density at radius 3 is 2.53 bits per heavy atom. The Labute approximate surface area is 115 Å². The number of likely N-dealkylation sites (tertiary alicyclic amines) is 1. The summed E-state index contributed by atoms with van der Waals surface area (Å²) in [4.78, 5) is 26.7. The molecule has 106 valence electrons. The average molecular weight is 265 g/mol. The number of hydrogen-bond donors (Lipinski definition) is 1. The van der Waals surface area contributed by atoms with E-state index in [0.29, 0.717) is 12.5 Å². The van der Waals surface area contributed by atoms with E-state index in [1.165, 1.54) is 0 Å². The number of nitrogens with zero attached hydrogens (tertiary/aromatic N) is 2. The summed E-state index contributed by atoms with van der Waals surface area (Å²) in [5.74, 6) is 5.63. The molecule has 1 aliphatic heterocycles. The lowest BCUT2D eigenvalue weighted by Crippen LogP contribution is -2.43. The summed E-state index contributed by atoms with van der Waals surface area (Å²) in [6.07, 6.45) is 2.04. The van der Waals surface area contributed by atoms with Gasteiger partial charge >= 0.3 is 0 Å². The van der Waals surface area contributed by atoms with Crippen molar-refractivity contribution in [3.8, 4) is 11.8 Å². The van der Waals surface area contributed by atoms with E-state index in [1.807, 2.05) is 0 Å². The zero-order valence-electron chi connectivity index (χ0n) is 12.0. The van der Waals surface area contributed by atoms with Crippen molar-refractivity contribution < 1.29 is 9.59 Å². The van der Waals surface area contributed by atoms with Gasteiger partial charge in [0.25, 0.3) is 5.91 Å². The minimum Gasteiger partial charge on any atom is -0.358 e. The monoisotopic (exact) mass is 265 g/mol. The van der Waals surface area contributed by atoms with Crippen LogP contribution in [0.15, 0.2) is 0 Å². The van der Waals surface area contributed by atoms with Crippen LogP contribution in [0.25, 0.3) is 0 Å². The summed E-state index contributed by atoms with van der Waals surface area (Å²) in [6.45, 7) is 4.72. The number of hydrogen-bond acceptors (Lipinski definition) is 3. The van der Waals surface area contributed by atoms with Gasteiger partial charge < -0.3 is 10.2 Å². The van der Waals surface area contributed by atoms with Gasteiger partial charge in [0.2, 0.25) is 5.91 Å². The van der Waals surface area contributed by atoms with Gasteiger partial charge in [0.15, 0.2) is 0 Å². The largest absolute Gasteiger partial charge is 0.358 e. The average Bonchev–Trinajstić information content (AvgIpc) is 2.41. The molecule has 5 heteroatoms. The van der Waals surface area contributed by atoms with E-state index in [2.05, 4.69) is 22.1 Å². The van der Waals surface area contributed by atoms with Gasteiger partial charge in [-0.15, -0.1) is 0 Å². The highest BCUT2D eigenvalue weighted by Gasteiger charge is 2.22. The Kier molecular flexibility index (Phi) is 6.37. The van der Waals surface area contributed by atoms with Crippen LogP contribution >= 0.6 is 0 Å². The molecular weight excluding hydrogens is 242 g/mol. The molecule has 0 aromatic carbocycles. The summed E-state index contributed by atoms with van der Waals surface area (Å²) in [6, 6.07) is 0. The Morgan fingerprint density at radius 1 is 1.37 bits per heavy atom. The highest BCUT2D eigenvalue weighted by Crippen LogP contribution is 2.17. The molecule has 0 unspecified atom stereocenters. The highest BCUT2D eigenvalue weighted by molar-refractivity contribution is 5.93. The number of likely N-dealkylation sites (N-methyl/N-ethyl adjacent to an activating group) is 1. The van der Waals surface area contributed by atoms with Crippen LogP contribution in [0, 0.1) is 17.8 Å². The molecule has 0 aliphatic carbocycles. The van der Waals surface area contributed by atoms with Crippen molar-refractivity contribution in [1.82, 2.24) is 15.1 Å². The third-order valence-corrected chi connectivity index (χ3v) is 3.46. The van der Waals surface area contributed by atoms with Crippen LogP contribution in [0.2, 0.25) is 0 Å². The number of piperidine rings is 1. The van der Waals surface area contributed by atoms with Crippen molar-refractivity contribution in [1.29, 1.82) is 0 Å². The Hall–Kier alpha value is -1.54. The molecule has 0 aromatic heterocycles. The van der Waals surface area contributed by atoms with E-state index in [9.17, 15) is 9.59 Å². The molecule has 0 saturated carbocycles. The quantitative estimate of drug-likeness (QED) is 0.724. The molecule has 0 radical (unpaired) electrons. The Morgan fingerprint density at radius 2 is 2.00 bits per heavy atom. The molecule has 0 aromatic rings. The minimum atomic E-state index is -0.115. The second-order valence-corrected chi connectivity index (χ2v) is 4.95. The SMILES string of the molecule is CC#CC(=O)N(C)CC1CCN(CC(=O)NC)CC1. The zero-order valence-corrected chi connectivity index (χ0v) is 12.0. The molecule has 1 N–H and O–H groups in total. The lowest BCUT2D eigenvalue weighted by atomic mass is 9.96. The van der Waals surface area contributed by atoms with Gasteiger partial charge in [-0.3, -0.25) is 14.5 Å². The van der Waals surface area contributed by atoms with Crippen LogP contribution in [-0.2, 0) is 9.59 Å². The van der Waals surface area contributed by atoms with E-state index >= 15 is 0 Å². The fourth-order valence-corrected chi connectivity index (χ4v) is 2.28. The van der Waals surface area contributed by atoms with Gasteiger partial charge in [-0.05, 0) is 44.7 Å². The van der Waals surface area contributed by atoms with Crippen LogP contribution in [0.3, 0.4) is 0 Å². The first-order valence-electron chi connectivity index (χ1n) is 6.67. The maximum absolute atomic E-state index is 11.6. The van der Waals surface area contributed by atoms with Crippen molar-refractivity contribution in [3.05, 3.63) is 0 Å². The number of nitrogens with one attached hydrogen (secondary N) is 1.